The fourth-order valence-electron chi connectivity index (χ4n) is 1.98. The molecule has 0 bridgehead atoms. The van der Waals surface area contributed by atoms with Crippen LogP contribution in [0.3, 0.4) is 0 Å². The van der Waals surface area contributed by atoms with Crippen molar-refractivity contribution >= 4 is 17.3 Å². The van der Waals surface area contributed by atoms with E-state index in [-0.39, 0.29) is 0 Å². The minimum absolute atomic E-state index is 0.410. The number of halogens is 1. The van der Waals surface area contributed by atoms with Crippen molar-refractivity contribution in [2.75, 3.05) is 23.7 Å². The summed E-state index contributed by atoms with van der Waals surface area (Å²) in [5.41, 5.74) is 6.42. The molecule has 84 valence electrons. The summed E-state index contributed by atoms with van der Waals surface area (Å²) < 4.78 is 14.6. The van der Waals surface area contributed by atoms with Crippen molar-refractivity contribution in [1.82, 2.24) is 14.6 Å². The first-order valence-corrected chi connectivity index (χ1v) is 5.23. The van der Waals surface area contributed by atoms with Crippen LogP contribution in [0.5, 0.6) is 0 Å². The SMILES string of the molecule is Nc1cnc2ccc(N3CC[C@H](F)C3)nn12. The number of anilines is 2. The number of alkyl halides is 1. The fraction of sp³-hybridized carbons (Fsp3) is 0.400. The lowest BCUT2D eigenvalue weighted by Crippen LogP contribution is -2.22. The summed E-state index contributed by atoms with van der Waals surface area (Å²) in [4.78, 5) is 6.00. The largest absolute Gasteiger partial charge is 0.382 e. The number of nitrogen functional groups attached to an aromatic ring is 1. The number of rotatable bonds is 1. The highest BCUT2D eigenvalue weighted by Crippen LogP contribution is 2.20. The first-order valence-electron chi connectivity index (χ1n) is 5.23. The number of hydrogen-bond donors (Lipinski definition) is 1. The number of hydrogen-bond acceptors (Lipinski definition) is 4. The van der Waals surface area contributed by atoms with Gasteiger partial charge in [0.25, 0.3) is 0 Å². The molecule has 0 spiro atoms. The van der Waals surface area contributed by atoms with Gasteiger partial charge in [-0.3, -0.25) is 0 Å². The van der Waals surface area contributed by atoms with Gasteiger partial charge in [-0.2, -0.15) is 4.52 Å². The Morgan fingerprint density at radius 2 is 2.31 bits per heavy atom. The number of imidazole rings is 1. The van der Waals surface area contributed by atoms with Crippen molar-refractivity contribution in [2.45, 2.75) is 12.6 Å². The zero-order valence-corrected chi connectivity index (χ0v) is 8.67. The van der Waals surface area contributed by atoms with Crippen LogP contribution in [0.2, 0.25) is 0 Å². The quantitative estimate of drug-likeness (QED) is 0.776. The third-order valence-corrected chi connectivity index (χ3v) is 2.83. The Balaban J connectivity index is 2.01. The van der Waals surface area contributed by atoms with E-state index in [2.05, 4.69) is 10.1 Å². The molecule has 5 nitrogen and oxygen atoms in total. The number of nitrogens with zero attached hydrogens (tertiary/aromatic N) is 4. The summed E-state index contributed by atoms with van der Waals surface area (Å²) in [7, 11) is 0. The molecule has 1 saturated heterocycles. The van der Waals surface area contributed by atoms with Crippen molar-refractivity contribution in [2.24, 2.45) is 0 Å². The fourth-order valence-corrected chi connectivity index (χ4v) is 1.98. The van der Waals surface area contributed by atoms with Gasteiger partial charge in [-0.05, 0) is 18.6 Å². The Hall–Kier alpha value is -1.85. The lowest BCUT2D eigenvalue weighted by molar-refractivity contribution is 0.364. The smallest absolute Gasteiger partial charge is 0.156 e. The van der Waals surface area contributed by atoms with Gasteiger partial charge in [0.1, 0.15) is 17.8 Å². The van der Waals surface area contributed by atoms with Crippen LogP contribution >= 0.6 is 0 Å². The first kappa shape index (κ1) is 9.38. The summed E-state index contributed by atoms with van der Waals surface area (Å²) in [5, 5.41) is 4.34. The minimum atomic E-state index is -0.752. The lowest BCUT2D eigenvalue weighted by Gasteiger charge is -2.15. The van der Waals surface area contributed by atoms with Crippen molar-refractivity contribution < 1.29 is 4.39 Å². The van der Waals surface area contributed by atoms with E-state index in [9.17, 15) is 4.39 Å². The third-order valence-electron chi connectivity index (χ3n) is 2.83. The van der Waals surface area contributed by atoms with Crippen molar-refractivity contribution in [3.05, 3.63) is 18.3 Å². The molecule has 1 atom stereocenters. The molecule has 1 aliphatic heterocycles. The maximum Gasteiger partial charge on any atom is 0.156 e. The average molecular weight is 221 g/mol. The van der Waals surface area contributed by atoms with E-state index in [1.165, 1.54) is 0 Å². The monoisotopic (exact) mass is 221 g/mol. The van der Waals surface area contributed by atoms with Gasteiger partial charge >= 0.3 is 0 Å². The first-order chi connectivity index (χ1) is 7.74. The van der Waals surface area contributed by atoms with Gasteiger partial charge in [0.05, 0.1) is 12.7 Å². The molecule has 1 aliphatic rings. The van der Waals surface area contributed by atoms with Crippen LogP contribution in [0, 0.1) is 0 Å². The molecule has 3 heterocycles. The number of nitrogens with two attached hydrogens (primary N) is 1. The molecule has 0 saturated carbocycles. The molecule has 0 aromatic carbocycles. The summed E-state index contributed by atoms with van der Waals surface area (Å²) in [5.74, 6) is 1.24. The van der Waals surface area contributed by atoms with E-state index in [0.717, 1.165) is 5.82 Å². The molecule has 6 heteroatoms. The Morgan fingerprint density at radius 3 is 3.06 bits per heavy atom. The molecule has 0 unspecified atom stereocenters. The van der Waals surface area contributed by atoms with Crippen LogP contribution in [0.1, 0.15) is 6.42 Å². The standard InChI is InChI=1S/C10H12FN5/c11-7-3-4-15(6-7)10-2-1-9-13-5-8(12)16(9)14-10/h1-2,5,7H,3-4,6,12H2/t7-/m0/s1. The molecule has 1 fully saturated rings. The van der Waals surface area contributed by atoms with E-state index < -0.39 is 6.17 Å². The Morgan fingerprint density at radius 1 is 1.44 bits per heavy atom. The van der Waals surface area contributed by atoms with Gasteiger partial charge in [-0.1, -0.05) is 0 Å². The molecular weight excluding hydrogens is 209 g/mol. The van der Waals surface area contributed by atoms with Gasteiger partial charge in [0, 0.05) is 6.54 Å². The van der Waals surface area contributed by atoms with Crippen molar-refractivity contribution in [1.29, 1.82) is 0 Å². The van der Waals surface area contributed by atoms with Gasteiger partial charge in [0.15, 0.2) is 5.65 Å². The van der Waals surface area contributed by atoms with E-state index >= 15 is 0 Å². The predicted molar refractivity (Wildman–Crippen MR) is 59.1 cm³/mol. The summed E-state index contributed by atoms with van der Waals surface area (Å²) in [6.45, 7) is 1.11. The van der Waals surface area contributed by atoms with Gasteiger partial charge in [-0.25, -0.2) is 9.37 Å². The van der Waals surface area contributed by atoms with Gasteiger partial charge < -0.3 is 10.6 Å². The van der Waals surface area contributed by atoms with Crippen LogP contribution in [0.15, 0.2) is 18.3 Å². The molecule has 0 aliphatic carbocycles. The van der Waals surface area contributed by atoms with Crippen molar-refractivity contribution in [3.8, 4) is 0 Å². The third kappa shape index (κ3) is 1.37. The summed E-state index contributed by atoms with van der Waals surface area (Å²) >= 11 is 0. The Bertz CT molecular complexity index is 523. The van der Waals surface area contributed by atoms with Gasteiger partial charge in [-0.15, -0.1) is 5.10 Å². The molecule has 2 aromatic heterocycles. The molecule has 0 amide bonds. The van der Waals surface area contributed by atoms with Gasteiger partial charge in [0.2, 0.25) is 0 Å². The molecular formula is C10H12FN5. The average Bonchev–Trinajstić information content (AvgIpc) is 2.86. The Labute approximate surface area is 91.7 Å². The predicted octanol–water partition coefficient (Wildman–Crippen LogP) is 0.860. The number of fused-ring (bicyclic) bond motifs is 1. The van der Waals surface area contributed by atoms with Crippen LogP contribution in [0.4, 0.5) is 16.0 Å². The molecule has 2 aromatic rings. The Kier molecular flexibility index (Phi) is 1.95. The molecule has 0 radical (unpaired) electrons. The molecule has 16 heavy (non-hydrogen) atoms. The second kappa shape index (κ2) is 3.33. The van der Waals surface area contributed by atoms with Crippen LogP contribution < -0.4 is 10.6 Å². The van der Waals surface area contributed by atoms with E-state index in [1.807, 2.05) is 17.0 Å². The second-order valence-corrected chi connectivity index (χ2v) is 3.98. The topological polar surface area (TPSA) is 59.5 Å². The zero-order valence-electron chi connectivity index (χ0n) is 8.67. The maximum absolute atomic E-state index is 13.1. The normalized spacial score (nSPS) is 20.8. The van der Waals surface area contributed by atoms with Crippen LogP contribution in [-0.2, 0) is 0 Å². The van der Waals surface area contributed by atoms with E-state index in [4.69, 9.17) is 5.73 Å². The minimum Gasteiger partial charge on any atom is -0.382 e. The summed E-state index contributed by atoms with van der Waals surface area (Å²) in [6.07, 6.45) is 1.38. The highest BCUT2D eigenvalue weighted by molar-refractivity contribution is 5.51. The number of aromatic nitrogens is 3. The highest BCUT2D eigenvalue weighted by atomic mass is 19.1. The highest BCUT2D eigenvalue weighted by Gasteiger charge is 2.23. The van der Waals surface area contributed by atoms with Crippen molar-refractivity contribution in [3.63, 3.8) is 0 Å². The molecule has 2 N–H and O–H groups in total. The summed E-state index contributed by atoms with van der Waals surface area (Å²) in [6, 6.07) is 3.68. The zero-order chi connectivity index (χ0) is 11.1. The van der Waals surface area contributed by atoms with Crippen LogP contribution in [0.25, 0.3) is 5.65 Å². The molecule has 3 rings (SSSR count). The maximum atomic E-state index is 13.1. The lowest BCUT2D eigenvalue weighted by atomic mass is 10.3. The van der Waals surface area contributed by atoms with E-state index in [1.54, 1.807) is 10.7 Å². The van der Waals surface area contributed by atoms with E-state index in [0.29, 0.717) is 31.0 Å². The second-order valence-electron chi connectivity index (χ2n) is 3.98. The van der Waals surface area contributed by atoms with Crippen LogP contribution in [-0.4, -0.2) is 33.9 Å².